The molecule has 0 bridgehead atoms. The number of aryl methyl sites for hydroxylation is 1. The highest BCUT2D eigenvalue weighted by molar-refractivity contribution is 9.10. The van der Waals surface area contributed by atoms with Gasteiger partial charge in [0.25, 0.3) is 5.91 Å². The highest BCUT2D eigenvalue weighted by atomic mass is 79.9. The maximum Gasteiger partial charge on any atom is 0.257 e. The van der Waals surface area contributed by atoms with Gasteiger partial charge in [-0.25, -0.2) is 9.50 Å². The zero-order valence-corrected chi connectivity index (χ0v) is 13.2. The molecule has 3 fully saturated rings. The second-order valence-corrected chi connectivity index (χ2v) is 7.37. The summed E-state index contributed by atoms with van der Waals surface area (Å²) in [6, 6.07) is 0.489. The van der Waals surface area contributed by atoms with Crippen LogP contribution in [0.2, 0.25) is 0 Å². The molecule has 2 aliphatic carbocycles. The molecular formula is C15H15BrN4O. The van der Waals surface area contributed by atoms with Crippen molar-refractivity contribution in [2.75, 3.05) is 6.54 Å². The molecule has 2 aromatic rings. The zero-order valence-electron chi connectivity index (χ0n) is 11.7. The molecule has 21 heavy (non-hydrogen) atoms. The summed E-state index contributed by atoms with van der Waals surface area (Å²) in [6.07, 6.45) is 6.02. The lowest BCUT2D eigenvalue weighted by Crippen LogP contribution is -2.53. The fourth-order valence-corrected chi connectivity index (χ4v) is 4.85. The van der Waals surface area contributed by atoms with E-state index in [0.717, 1.165) is 40.1 Å². The second kappa shape index (κ2) is 3.85. The molecule has 108 valence electrons. The molecule has 3 unspecified atom stereocenters. The number of amides is 1. The van der Waals surface area contributed by atoms with Crippen molar-refractivity contribution in [3.05, 3.63) is 28.1 Å². The Balaban J connectivity index is 1.51. The number of fused-ring (bicyclic) bond motifs is 1. The summed E-state index contributed by atoms with van der Waals surface area (Å²) in [5, 5.41) is 4.35. The number of hydrogen-bond donors (Lipinski definition) is 0. The Hall–Kier alpha value is -1.43. The van der Waals surface area contributed by atoms with E-state index in [1.807, 2.05) is 6.92 Å². The number of aromatic nitrogens is 3. The molecule has 0 aromatic carbocycles. The topological polar surface area (TPSA) is 50.5 Å². The lowest BCUT2D eigenvalue weighted by molar-refractivity contribution is -0.0204. The first-order valence-corrected chi connectivity index (χ1v) is 8.24. The van der Waals surface area contributed by atoms with Crippen molar-refractivity contribution < 1.29 is 4.79 Å². The Morgan fingerprint density at radius 1 is 1.38 bits per heavy atom. The van der Waals surface area contributed by atoms with Gasteiger partial charge in [-0.15, -0.1) is 0 Å². The van der Waals surface area contributed by atoms with E-state index >= 15 is 0 Å². The van der Waals surface area contributed by atoms with E-state index < -0.39 is 0 Å². The van der Waals surface area contributed by atoms with Crippen LogP contribution in [0.5, 0.6) is 0 Å². The number of nitrogens with zero attached hydrogens (tertiary/aromatic N) is 4. The molecule has 1 aliphatic heterocycles. The third kappa shape index (κ3) is 1.44. The van der Waals surface area contributed by atoms with Crippen LogP contribution in [0.15, 0.2) is 17.0 Å². The summed E-state index contributed by atoms with van der Waals surface area (Å²) in [5.74, 6) is 2.58. The molecule has 3 heterocycles. The number of halogens is 1. The number of carbonyl (C=O) groups is 1. The molecule has 1 amide bonds. The average Bonchev–Trinajstić information content (AvgIpc) is 2.75. The van der Waals surface area contributed by atoms with Crippen LogP contribution in [0.25, 0.3) is 5.65 Å². The lowest BCUT2D eigenvalue weighted by atomic mass is 9.53. The van der Waals surface area contributed by atoms with Crippen molar-refractivity contribution in [1.29, 1.82) is 0 Å². The Morgan fingerprint density at radius 2 is 2.24 bits per heavy atom. The summed E-state index contributed by atoms with van der Waals surface area (Å²) >= 11 is 3.41. The molecule has 3 aliphatic rings. The first-order valence-electron chi connectivity index (χ1n) is 7.45. The zero-order chi connectivity index (χ0) is 14.3. The van der Waals surface area contributed by atoms with Crippen molar-refractivity contribution >= 4 is 27.5 Å². The smallest absolute Gasteiger partial charge is 0.257 e. The standard InChI is InChI=1S/C15H15BrN4O/c1-7-13(16)18-20-6-10(4-17-14(7)20)15(21)19-5-9-2-8-3-11(19)12(8)9/h4,6,8-9,11-12H,2-3,5H2,1H3/t8?,9?,11?,12-/m1/s1. The summed E-state index contributed by atoms with van der Waals surface area (Å²) < 4.78 is 2.47. The summed E-state index contributed by atoms with van der Waals surface area (Å²) in [6.45, 7) is 2.90. The predicted molar refractivity (Wildman–Crippen MR) is 80.0 cm³/mol. The van der Waals surface area contributed by atoms with Gasteiger partial charge in [0.2, 0.25) is 0 Å². The van der Waals surface area contributed by atoms with E-state index in [0.29, 0.717) is 11.6 Å². The van der Waals surface area contributed by atoms with Gasteiger partial charge in [0.1, 0.15) is 4.60 Å². The molecule has 2 saturated carbocycles. The molecule has 4 atom stereocenters. The fourth-order valence-electron chi connectivity index (χ4n) is 4.50. The molecule has 5 nitrogen and oxygen atoms in total. The maximum absolute atomic E-state index is 12.8. The molecule has 2 aromatic heterocycles. The Kier molecular flexibility index (Phi) is 2.23. The van der Waals surface area contributed by atoms with Crippen LogP contribution >= 0.6 is 15.9 Å². The van der Waals surface area contributed by atoms with Gasteiger partial charge in [-0.05, 0) is 53.4 Å². The van der Waals surface area contributed by atoms with Crippen LogP contribution in [0.3, 0.4) is 0 Å². The van der Waals surface area contributed by atoms with Crippen LogP contribution in [0.1, 0.15) is 28.8 Å². The largest absolute Gasteiger partial charge is 0.335 e. The average molecular weight is 347 g/mol. The molecule has 0 radical (unpaired) electrons. The van der Waals surface area contributed by atoms with Gasteiger partial charge in [0, 0.05) is 30.5 Å². The number of carbonyl (C=O) groups excluding carboxylic acids is 1. The van der Waals surface area contributed by atoms with E-state index in [1.54, 1.807) is 16.9 Å². The van der Waals surface area contributed by atoms with Gasteiger partial charge in [0.05, 0.1) is 5.56 Å². The van der Waals surface area contributed by atoms with E-state index in [9.17, 15) is 4.79 Å². The Labute approximate surface area is 130 Å². The Morgan fingerprint density at radius 3 is 3.00 bits per heavy atom. The van der Waals surface area contributed by atoms with Crippen molar-refractivity contribution in [2.24, 2.45) is 17.8 Å². The molecule has 0 spiro atoms. The lowest BCUT2D eigenvalue weighted by Gasteiger charge is -2.52. The summed E-state index contributed by atoms with van der Waals surface area (Å²) in [5.41, 5.74) is 2.43. The normalized spacial score (nSPS) is 32.8. The van der Waals surface area contributed by atoms with Crippen LogP contribution in [-0.4, -0.2) is 38.0 Å². The second-order valence-electron chi connectivity index (χ2n) is 6.62. The highest BCUT2D eigenvalue weighted by Crippen LogP contribution is 2.60. The highest BCUT2D eigenvalue weighted by Gasteiger charge is 2.61. The van der Waals surface area contributed by atoms with Crippen molar-refractivity contribution in [2.45, 2.75) is 25.8 Å². The van der Waals surface area contributed by atoms with E-state index in [4.69, 9.17) is 0 Å². The van der Waals surface area contributed by atoms with E-state index in [1.165, 1.54) is 12.8 Å². The predicted octanol–water partition coefficient (Wildman–Crippen LogP) is 2.28. The Bertz CT molecular complexity index is 785. The van der Waals surface area contributed by atoms with Crippen molar-refractivity contribution in [3.8, 4) is 0 Å². The molecular weight excluding hydrogens is 332 g/mol. The quantitative estimate of drug-likeness (QED) is 0.795. The summed E-state index contributed by atoms with van der Waals surface area (Å²) in [4.78, 5) is 19.3. The molecule has 6 heteroatoms. The minimum absolute atomic E-state index is 0.117. The van der Waals surface area contributed by atoms with Gasteiger partial charge in [-0.2, -0.15) is 5.10 Å². The van der Waals surface area contributed by atoms with Crippen LogP contribution in [-0.2, 0) is 0 Å². The van der Waals surface area contributed by atoms with Crippen LogP contribution < -0.4 is 0 Å². The fraction of sp³-hybridized carbons (Fsp3) is 0.533. The SMILES string of the molecule is Cc1c(Br)nn2cc(C(=O)N3CC4CC5CC3[C@H]54)cnc12. The summed E-state index contributed by atoms with van der Waals surface area (Å²) in [7, 11) is 0. The van der Waals surface area contributed by atoms with E-state index in [2.05, 4.69) is 30.9 Å². The van der Waals surface area contributed by atoms with E-state index in [-0.39, 0.29) is 5.91 Å². The number of hydrogen-bond acceptors (Lipinski definition) is 3. The van der Waals surface area contributed by atoms with Crippen LogP contribution in [0.4, 0.5) is 0 Å². The monoisotopic (exact) mass is 346 g/mol. The molecule has 5 rings (SSSR count). The maximum atomic E-state index is 12.8. The third-order valence-corrected chi connectivity index (χ3v) is 6.42. The van der Waals surface area contributed by atoms with Crippen molar-refractivity contribution in [1.82, 2.24) is 19.5 Å². The van der Waals surface area contributed by atoms with Gasteiger partial charge < -0.3 is 4.90 Å². The van der Waals surface area contributed by atoms with Crippen molar-refractivity contribution in [3.63, 3.8) is 0 Å². The van der Waals surface area contributed by atoms with Gasteiger partial charge in [0.15, 0.2) is 5.65 Å². The number of likely N-dealkylation sites (tertiary alicyclic amines) is 1. The molecule has 0 N–H and O–H groups in total. The van der Waals surface area contributed by atoms with Gasteiger partial charge in [-0.3, -0.25) is 4.79 Å². The third-order valence-electron chi connectivity index (χ3n) is 5.67. The first kappa shape index (κ1) is 12.1. The minimum atomic E-state index is 0.117. The number of rotatable bonds is 1. The van der Waals surface area contributed by atoms with Gasteiger partial charge in [-0.1, -0.05) is 0 Å². The molecule has 1 saturated heterocycles. The first-order chi connectivity index (χ1) is 10.1. The van der Waals surface area contributed by atoms with Crippen LogP contribution in [0, 0.1) is 24.7 Å². The van der Waals surface area contributed by atoms with Gasteiger partial charge >= 0.3 is 0 Å². The minimum Gasteiger partial charge on any atom is -0.335 e.